The molecule has 2 aromatic carbocycles. The molecule has 0 fully saturated rings. The van der Waals surface area contributed by atoms with Gasteiger partial charge in [-0.1, -0.05) is 18.2 Å². The number of nitrogens with zero attached hydrogens (tertiary/aromatic N) is 1. The lowest BCUT2D eigenvalue weighted by atomic mass is 9.93. The number of carbonyl (C=O) groups is 2. The third kappa shape index (κ3) is 4.16. The molecule has 3 aromatic rings. The number of hydrazone groups is 1. The zero-order chi connectivity index (χ0) is 22.8. The summed E-state index contributed by atoms with van der Waals surface area (Å²) in [5, 5.41) is 6.72. The fourth-order valence-electron chi connectivity index (χ4n) is 3.77. The zero-order valence-electron chi connectivity index (χ0n) is 17.6. The molecule has 0 unspecified atom stereocenters. The molecule has 8 heteroatoms. The van der Waals surface area contributed by atoms with E-state index in [0.29, 0.717) is 47.1 Å². The number of fused-ring (bicyclic) bond motifs is 1. The van der Waals surface area contributed by atoms with E-state index in [0.717, 1.165) is 24.1 Å². The van der Waals surface area contributed by atoms with Crippen molar-refractivity contribution < 1.29 is 22.8 Å². The molecule has 2 amide bonds. The number of furan rings is 1. The molecule has 0 bridgehead atoms. The highest BCUT2D eigenvalue weighted by Gasteiger charge is 2.28. The summed E-state index contributed by atoms with van der Waals surface area (Å²) in [6.45, 7) is 3.55. The van der Waals surface area contributed by atoms with Gasteiger partial charge in [0, 0.05) is 29.2 Å². The number of nitrogens with one attached hydrogen (secondary N) is 2. The van der Waals surface area contributed by atoms with Gasteiger partial charge in [0.15, 0.2) is 5.76 Å². The Kier molecular flexibility index (Phi) is 5.85. The van der Waals surface area contributed by atoms with Gasteiger partial charge in [-0.2, -0.15) is 5.10 Å². The SMILES string of the molecule is Cc1ccccc1C(=O)N/N=C1\CCCc2oc(C(=O)Nc3ccc(F)cc3F)c(C)c21. The van der Waals surface area contributed by atoms with Gasteiger partial charge < -0.3 is 9.73 Å². The van der Waals surface area contributed by atoms with E-state index in [-0.39, 0.29) is 17.4 Å². The summed E-state index contributed by atoms with van der Waals surface area (Å²) < 4.78 is 32.8. The average molecular weight is 437 g/mol. The second kappa shape index (κ2) is 8.74. The highest BCUT2D eigenvalue weighted by atomic mass is 19.1. The third-order valence-electron chi connectivity index (χ3n) is 5.39. The number of hydrogen-bond acceptors (Lipinski definition) is 4. The number of amides is 2. The predicted molar refractivity (Wildman–Crippen MR) is 116 cm³/mol. The summed E-state index contributed by atoms with van der Waals surface area (Å²) in [5.41, 5.74) is 5.63. The molecule has 32 heavy (non-hydrogen) atoms. The van der Waals surface area contributed by atoms with Gasteiger partial charge in [0.1, 0.15) is 17.4 Å². The van der Waals surface area contributed by atoms with E-state index in [1.165, 1.54) is 0 Å². The van der Waals surface area contributed by atoms with Crippen LogP contribution in [0.1, 0.15) is 56.2 Å². The molecule has 0 radical (unpaired) electrons. The van der Waals surface area contributed by atoms with Gasteiger partial charge in [0.05, 0.1) is 11.4 Å². The summed E-state index contributed by atoms with van der Waals surface area (Å²) >= 11 is 0. The maximum absolute atomic E-state index is 13.9. The van der Waals surface area contributed by atoms with Crippen LogP contribution in [0.3, 0.4) is 0 Å². The van der Waals surface area contributed by atoms with Crippen LogP contribution in [-0.2, 0) is 6.42 Å². The van der Waals surface area contributed by atoms with E-state index in [4.69, 9.17) is 4.42 Å². The van der Waals surface area contributed by atoms with Gasteiger partial charge in [0.25, 0.3) is 11.8 Å². The monoisotopic (exact) mass is 437 g/mol. The van der Waals surface area contributed by atoms with E-state index in [1.54, 1.807) is 19.1 Å². The minimum absolute atomic E-state index is 0.0264. The smallest absolute Gasteiger partial charge is 0.291 e. The second-order valence-electron chi connectivity index (χ2n) is 7.60. The number of rotatable bonds is 4. The predicted octanol–water partition coefficient (Wildman–Crippen LogP) is 4.90. The van der Waals surface area contributed by atoms with Crippen LogP contribution in [0.4, 0.5) is 14.5 Å². The highest BCUT2D eigenvalue weighted by molar-refractivity contribution is 6.09. The molecule has 1 aliphatic rings. The fourth-order valence-corrected chi connectivity index (χ4v) is 3.77. The van der Waals surface area contributed by atoms with Crippen molar-refractivity contribution in [3.63, 3.8) is 0 Å². The Bertz CT molecular complexity index is 1250. The number of halogens is 2. The quantitative estimate of drug-likeness (QED) is 0.570. The molecule has 6 nitrogen and oxygen atoms in total. The topological polar surface area (TPSA) is 83.7 Å². The summed E-state index contributed by atoms with van der Waals surface area (Å²) in [5.74, 6) is -1.98. The molecule has 1 aliphatic carbocycles. The summed E-state index contributed by atoms with van der Waals surface area (Å²) in [6.07, 6.45) is 1.96. The molecule has 0 atom stereocenters. The Hall–Kier alpha value is -3.81. The molecule has 0 spiro atoms. The molecular formula is C24H21F2N3O3. The number of aryl methyl sites for hydroxylation is 2. The van der Waals surface area contributed by atoms with Crippen molar-refractivity contribution in [3.8, 4) is 0 Å². The Morgan fingerprint density at radius 1 is 1.03 bits per heavy atom. The third-order valence-corrected chi connectivity index (χ3v) is 5.39. The zero-order valence-corrected chi connectivity index (χ0v) is 17.6. The minimum atomic E-state index is -0.881. The van der Waals surface area contributed by atoms with E-state index in [1.807, 2.05) is 19.1 Å². The van der Waals surface area contributed by atoms with Crippen molar-refractivity contribution in [2.24, 2.45) is 5.10 Å². The Morgan fingerprint density at radius 3 is 2.56 bits per heavy atom. The Labute approximate surface area is 183 Å². The maximum atomic E-state index is 13.9. The van der Waals surface area contributed by atoms with Crippen molar-refractivity contribution >= 4 is 23.2 Å². The first kappa shape index (κ1) is 21.4. The van der Waals surface area contributed by atoms with Crippen LogP contribution >= 0.6 is 0 Å². The van der Waals surface area contributed by atoms with E-state index in [9.17, 15) is 18.4 Å². The summed E-state index contributed by atoms with van der Waals surface area (Å²) in [6, 6.07) is 10.1. The second-order valence-corrected chi connectivity index (χ2v) is 7.60. The van der Waals surface area contributed by atoms with Crippen molar-refractivity contribution in [1.82, 2.24) is 5.43 Å². The number of benzene rings is 2. The number of carbonyl (C=O) groups excluding carboxylic acids is 2. The van der Waals surface area contributed by atoms with Gasteiger partial charge >= 0.3 is 0 Å². The summed E-state index contributed by atoms with van der Waals surface area (Å²) in [4.78, 5) is 25.2. The highest BCUT2D eigenvalue weighted by Crippen LogP contribution is 2.30. The van der Waals surface area contributed by atoms with Crippen molar-refractivity contribution in [2.75, 3.05) is 5.32 Å². The Morgan fingerprint density at radius 2 is 1.81 bits per heavy atom. The van der Waals surface area contributed by atoms with Gasteiger partial charge in [-0.25, -0.2) is 14.2 Å². The Balaban J connectivity index is 1.58. The lowest BCUT2D eigenvalue weighted by molar-refractivity contribution is 0.0952. The molecule has 0 aliphatic heterocycles. The average Bonchev–Trinajstić information content (AvgIpc) is 3.11. The standard InChI is InChI=1S/C24H21F2N3O3/c1-13-6-3-4-7-16(13)23(30)29-28-19-8-5-9-20-21(19)14(2)22(32-20)24(31)27-18-11-10-15(25)12-17(18)26/h3-4,6-7,10-12H,5,8-9H2,1-2H3,(H,27,31)(H,29,30)/b28-19+. The lowest BCUT2D eigenvalue weighted by Crippen LogP contribution is -2.22. The van der Waals surface area contributed by atoms with Crippen LogP contribution in [0.5, 0.6) is 0 Å². The van der Waals surface area contributed by atoms with E-state index >= 15 is 0 Å². The van der Waals surface area contributed by atoms with Crippen molar-refractivity contribution in [3.05, 3.63) is 87.9 Å². The fraction of sp³-hybridized carbons (Fsp3) is 0.208. The first-order valence-corrected chi connectivity index (χ1v) is 10.2. The maximum Gasteiger partial charge on any atom is 0.291 e. The first-order valence-electron chi connectivity index (χ1n) is 10.2. The molecule has 0 saturated heterocycles. The first-order chi connectivity index (χ1) is 15.3. The van der Waals surface area contributed by atoms with Crippen molar-refractivity contribution in [2.45, 2.75) is 33.1 Å². The van der Waals surface area contributed by atoms with E-state index in [2.05, 4.69) is 15.8 Å². The van der Waals surface area contributed by atoms with Gasteiger partial charge in [0.2, 0.25) is 0 Å². The van der Waals surface area contributed by atoms with E-state index < -0.39 is 17.5 Å². The van der Waals surface area contributed by atoms with Gasteiger partial charge in [-0.3, -0.25) is 9.59 Å². The largest absolute Gasteiger partial charge is 0.455 e. The van der Waals surface area contributed by atoms with Gasteiger partial charge in [-0.05, 0) is 50.5 Å². The van der Waals surface area contributed by atoms with Crippen molar-refractivity contribution in [1.29, 1.82) is 0 Å². The summed E-state index contributed by atoms with van der Waals surface area (Å²) in [7, 11) is 0. The molecule has 4 rings (SSSR count). The molecule has 1 heterocycles. The van der Waals surface area contributed by atoms with Crippen LogP contribution in [-0.4, -0.2) is 17.5 Å². The van der Waals surface area contributed by atoms with Crippen LogP contribution in [0, 0.1) is 25.5 Å². The molecule has 0 saturated carbocycles. The number of anilines is 1. The normalized spacial score (nSPS) is 14.2. The molecular weight excluding hydrogens is 416 g/mol. The molecule has 1 aromatic heterocycles. The van der Waals surface area contributed by atoms with Gasteiger partial charge in [-0.15, -0.1) is 0 Å². The molecule has 164 valence electrons. The van der Waals surface area contributed by atoms with Crippen LogP contribution < -0.4 is 10.7 Å². The van der Waals surface area contributed by atoms with Crippen LogP contribution in [0.25, 0.3) is 0 Å². The molecule has 2 N–H and O–H groups in total. The lowest BCUT2D eigenvalue weighted by Gasteiger charge is -2.13. The van der Waals surface area contributed by atoms with Crippen LogP contribution in [0.2, 0.25) is 0 Å². The number of hydrogen-bond donors (Lipinski definition) is 2. The van der Waals surface area contributed by atoms with Crippen LogP contribution in [0.15, 0.2) is 52.0 Å². The minimum Gasteiger partial charge on any atom is -0.455 e.